The number of rotatable bonds is 1. The number of para-hydroxylation sites is 1. The SMILES string of the molecule is CN1c2cccc(C#N)c2OCC1CN. The number of hydrogen-bond donors (Lipinski definition) is 1. The van der Waals surface area contributed by atoms with Gasteiger partial charge in [-0.1, -0.05) is 6.07 Å². The topological polar surface area (TPSA) is 62.3 Å². The zero-order valence-corrected chi connectivity index (χ0v) is 8.60. The van der Waals surface area contributed by atoms with Crippen LogP contribution in [0.3, 0.4) is 0 Å². The van der Waals surface area contributed by atoms with Crippen LogP contribution in [0.1, 0.15) is 5.56 Å². The summed E-state index contributed by atoms with van der Waals surface area (Å²) in [6.45, 7) is 1.09. The monoisotopic (exact) mass is 203 g/mol. The van der Waals surface area contributed by atoms with Crippen LogP contribution in [0.2, 0.25) is 0 Å². The van der Waals surface area contributed by atoms with Gasteiger partial charge in [0.25, 0.3) is 0 Å². The minimum Gasteiger partial charge on any atom is -0.488 e. The van der Waals surface area contributed by atoms with Gasteiger partial charge in [-0.25, -0.2) is 0 Å². The van der Waals surface area contributed by atoms with Crippen LogP contribution < -0.4 is 15.4 Å². The highest BCUT2D eigenvalue weighted by Gasteiger charge is 2.25. The molecule has 0 fully saturated rings. The second-order valence-corrected chi connectivity index (χ2v) is 3.58. The molecule has 0 spiro atoms. The molecule has 2 N–H and O–H groups in total. The van der Waals surface area contributed by atoms with E-state index in [0.717, 1.165) is 5.69 Å². The lowest BCUT2D eigenvalue weighted by Crippen LogP contribution is -2.45. The van der Waals surface area contributed by atoms with E-state index in [4.69, 9.17) is 15.7 Å². The minimum absolute atomic E-state index is 0.187. The summed E-state index contributed by atoms with van der Waals surface area (Å²) in [5, 5.41) is 8.93. The Balaban J connectivity index is 2.46. The molecule has 0 bridgehead atoms. The summed E-state index contributed by atoms with van der Waals surface area (Å²) in [5.41, 5.74) is 7.15. The van der Waals surface area contributed by atoms with E-state index in [0.29, 0.717) is 24.5 Å². The van der Waals surface area contributed by atoms with Crippen LogP contribution in [0, 0.1) is 11.3 Å². The number of benzene rings is 1. The summed E-state index contributed by atoms with van der Waals surface area (Å²) >= 11 is 0. The molecular weight excluding hydrogens is 190 g/mol. The van der Waals surface area contributed by atoms with Crippen LogP contribution in [0.25, 0.3) is 0 Å². The maximum atomic E-state index is 8.93. The maximum Gasteiger partial charge on any atom is 0.160 e. The predicted molar refractivity (Wildman–Crippen MR) is 57.9 cm³/mol. The van der Waals surface area contributed by atoms with E-state index in [1.165, 1.54) is 0 Å². The van der Waals surface area contributed by atoms with Crippen molar-refractivity contribution in [3.05, 3.63) is 23.8 Å². The molecule has 1 unspecified atom stereocenters. The van der Waals surface area contributed by atoms with Gasteiger partial charge < -0.3 is 15.4 Å². The molecule has 0 saturated carbocycles. The number of anilines is 1. The largest absolute Gasteiger partial charge is 0.488 e. The van der Waals surface area contributed by atoms with Crippen molar-refractivity contribution in [1.29, 1.82) is 5.26 Å². The van der Waals surface area contributed by atoms with E-state index < -0.39 is 0 Å². The van der Waals surface area contributed by atoms with Gasteiger partial charge in [0, 0.05) is 13.6 Å². The van der Waals surface area contributed by atoms with Gasteiger partial charge in [-0.15, -0.1) is 0 Å². The normalized spacial score (nSPS) is 19.0. The van der Waals surface area contributed by atoms with Crippen molar-refractivity contribution in [2.75, 3.05) is 25.1 Å². The molecule has 0 aromatic heterocycles. The van der Waals surface area contributed by atoms with Crippen molar-refractivity contribution in [2.24, 2.45) is 5.73 Å². The molecule has 15 heavy (non-hydrogen) atoms. The highest BCUT2D eigenvalue weighted by Crippen LogP contribution is 2.35. The van der Waals surface area contributed by atoms with E-state index in [1.54, 1.807) is 6.07 Å². The third kappa shape index (κ3) is 1.51. The molecule has 1 aliphatic rings. The molecule has 0 aliphatic carbocycles. The van der Waals surface area contributed by atoms with Gasteiger partial charge in [-0.3, -0.25) is 0 Å². The first-order chi connectivity index (χ1) is 7.27. The predicted octanol–water partition coefficient (Wildman–Crippen LogP) is 0.714. The third-order valence-electron chi connectivity index (χ3n) is 2.73. The number of nitrogens with zero attached hydrogens (tertiary/aromatic N) is 2. The summed E-state index contributed by atoms with van der Waals surface area (Å²) < 4.78 is 5.58. The van der Waals surface area contributed by atoms with Gasteiger partial charge in [-0.2, -0.15) is 5.26 Å². The lowest BCUT2D eigenvalue weighted by Gasteiger charge is -2.35. The van der Waals surface area contributed by atoms with Crippen molar-refractivity contribution < 1.29 is 4.74 Å². The van der Waals surface area contributed by atoms with Crippen molar-refractivity contribution in [3.63, 3.8) is 0 Å². The quantitative estimate of drug-likeness (QED) is 0.730. The van der Waals surface area contributed by atoms with E-state index in [1.807, 2.05) is 19.2 Å². The number of ether oxygens (including phenoxy) is 1. The molecule has 0 saturated heterocycles. The molecule has 0 amide bonds. The Labute approximate surface area is 88.9 Å². The van der Waals surface area contributed by atoms with Crippen LogP contribution in [0.4, 0.5) is 5.69 Å². The number of likely N-dealkylation sites (N-methyl/N-ethyl adjacent to an activating group) is 1. The van der Waals surface area contributed by atoms with Crippen LogP contribution in [-0.2, 0) is 0 Å². The van der Waals surface area contributed by atoms with E-state index in [-0.39, 0.29) is 6.04 Å². The molecule has 2 rings (SSSR count). The Bertz CT molecular complexity index is 411. The standard InChI is InChI=1S/C11H13N3O/c1-14-9(6-13)7-15-11-8(5-12)3-2-4-10(11)14/h2-4,9H,6-7,13H2,1H3. The number of hydrogen-bond acceptors (Lipinski definition) is 4. The molecule has 1 aliphatic heterocycles. The third-order valence-corrected chi connectivity index (χ3v) is 2.73. The number of nitriles is 1. The van der Waals surface area contributed by atoms with E-state index in [2.05, 4.69) is 11.0 Å². The van der Waals surface area contributed by atoms with Gasteiger partial charge in [-0.05, 0) is 12.1 Å². The fourth-order valence-electron chi connectivity index (χ4n) is 1.76. The molecule has 4 nitrogen and oxygen atoms in total. The Morgan fingerprint density at radius 3 is 3.13 bits per heavy atom. The zero-order chi connectivity index (χ0) is 10.8. The molecule has 1 aromatic rings. The second-order valence-electron chi connectivity index (χ2n) is 3.58. The summed E-state index contributed by atoms with van der Waals surface area (Å²) in [4.78, 5) is 2.07. The van der Waals surface area contributed by atoms with Gasteiger partial charge in [0.15, 0.2) is 5.75 Å². The lowest BCUT2D eigenvalue weighted by molar-refractivity contribution is 0.268. The first kappa shape index (κ1) is 9.81. The molecule has 78 valence electrons. The van der Waals surface area contributed by atoms with Crippen LogP contribution in [0.5, 0.6) is 5.75 Å². The van der Waals surface area contributed by atoms with Gasteiger partial charge in [0.2, 0.25) is 0 Å². The number of nitrogens with two attached hydrogens (primary N) is 1. The average Bonchev–Trinajstić information content (AvgIpc) is 2.29. The minimum atomic E-state index is 0.187. The zero-order valence-electron chi connectivity index (χ0n) is 8.60. The van der Waals surface area contributed by atoms with Gasteiger partial charge in [0.05, 0.1) is 17.3 Å². The fraction of sp³-hybridized carbons (Fsp3) is 0.364. The van der Waals surface area contributed by atoms with Gasteiger partial charge >= 0.3 is 0 Å². The highest BCUT2D eigenvalue weighted by molar-refractivity contribution is 5.66. The van der Waals surface area contributed by atoms with Crippen LogP contribution in [-0.4, -0.2) is 26.2 Å². The van der Waals surface area contributed by atoms with Crippen LogP contribution >= 0.6 is 0 Å². The molecule has 1 aromatic carbocycles. The molecular formula is C11H13N3O. The van der Waals surface area contributed by atoms with Crippen molar-refractivity contribution in [1.82, 2.24) is 0 Å². The average molecular weight is 203 g/mol. The molecule has 1 atom stereocenters. The van der Waals surface area contributed by atoms with Crippen molar-refractivity contribution in [2.45, 2.75) is 6.04 Å². The summed E-state index contributed by atoms with van der Waals surface area (Å²) in [5.74, 6) is 0.673. The lowest BCUT2D eigenvalue weighted by atomic mass is 10.1. The molecule has 1 heterocycles. The summed E-state index contributed by atoms with van der Waals surface area (Å²) in [7, 11) is 1.97. The van der Waals surface area contributed by atoms with E-state index in [9.17, 15) is 0 Å². The molecule has 0 radical (unpaired) electrons. The first-order valence-electron chi connectivity index (χ1n) is 4.86. The van der Waals surface area contributed by atoms with Crippen LogP contribution in [0.15, 0.2) is 18.2 Å². The van der Waals surface area contributed by atoms with Gasteiger partial charge in [0.1, 0.15) is 12.7 Å². The summed E-state index contributed by atoms with van der Waals surface area (Å²) in [6.07, 6.45) is 0. The fourth-order valence-corrected chi connectivity index (χ4v) is 1.76. The second kappa shape index (κ2) is 3.79. The Kier molecular flexibility index (Phi) is 2.48. The van der Waals surface area contributed by atoms with Crippen molar-refractivity contribution in [3.8, 4) is 11.8 Å². The van der Waals surface area contributed by atoms with E-state index >= 15 is 0 Å². The Morgan fingerprint density at radius 2 is 2.47 bits per heavy atom. The highest BCUT2D eigenvalue weighted by atomic mass is 16.5. The Hall–Kier alpha value is -1.73. The maximum absolute atomic E-state index is 8.93. The number of fused-ring (bicyclic) bond motifs is 1. The molecule has 4 heteroatoms. The Morgan fingerprint density at radius 1 is 1.67 bits per heavy atom. The summed E-state index contributed by atoms with van der Waals surface area (Å²) in [6, 6.07) is 7.87. The first-order valence-corrected chi connectivity index (χ1v) is 4.86. The van der Waals surface area contributed by atoms with Crippen molar-refractivity contribution >= 4 is 5.69 Å². The smallest absolute Gasteiger partial charge is 0.160 e.